The first kappa shape index (κ1) is 21.2. The van der Waals surface area contributed by atoms with Gasteiger partial charge in [0.15, 0.2) is 0 Å². The van der Waals surface area contributed by atoms with Crippen molar-refractivity contribution in [2.24, 2.45) is 5.73 Å². The summed E-state index contributed by atoms with van der Waals surface area (Å²) >= 11 is 0. The molecule has 0 atom stereocenters. The molecule has 25 heavy (non-hydrogen) atoms. The maximum atomic E-state index is 12.5. The smallest absolute Gasteiger partial charge is 0.348 e. The lowest BCUT2D eigenvalue weighted by atomic mass is 9.98. The van der Waals surface area contributed by atoms with E-state index in [2.05, 4.69) is 10.6 Å². The molecule has 0 aliphatic heterocycles. The van der Waals surface area contributed by atoms with Gasteiger partial charge < -0.3 is 16.4 Å². The Balaban J connectivity index is 0.00000312. The molecule has 0 aromatic heterocycles. The molecule has 0 radical (unpaired) electrons. The molecule has 1 aromatic rings. The van der Waals surface area contributed by atoms with Gasteiger partial charge in [-0.1, -0.05) is 12.8 Å². The molecule has 0 saturated heterocycles. The quantitative estimate of drug-likeness (QED) is 0.733. The van der Waals surface area contributed by atoms with Gasteiger partial charge in [-0.05, 0) is 37.1 Å². The second kappa shape index (κ2) is 8.53. The van der Waals surface area contributed by atoms with Crippen LogP contribution < -0.4 is 16.4 Å². The molecule has 0 spiro atoms. The maximum absolute atomic E-state index is 12.5. The summed E-state index contributed by atoms with van der Waals surface area (Å²) < 4.78 is 37.4. The Bertz CT molecular complexity index is 600. The zero-order valence-corrected chi connectivity index (χ0v) is 14.3. The van der Waals surface area contributed by atoms with Crippen LogP contribution in [0.1, 0.15) is 41.6 Å². The van der Waals surface area contributed by atoms with E-state index in [1.165, 1.54) is 0 Å². The van der Waals surface area contributed by atoms with E-state index in [4.69, 9.17) is 5.73 Å². The number of rotatable bonds is 5. The van der Waals surface area contributed by atoms with E-state index in [1.54, 1.807) is 0 Å². The number of alkyl halides is 3. The van der Waals surface area contributed by atoms with Crippen LogP contribution in [0.15, 0.2) is 24.3 Å². The van der Waals surface area contributed by atoms with Crippen molar-refractivity contribution in [3.63, 3.8) is 0 Å². The van der Waals surface area contributed by atoms with Crippen LogP contribution in [0.25, 0.3) is 0 Å². The molecule has 1 aromatic carbocycles. The maximum Gasteiger partial charge on any atom is 0.416 e. The minimum atomic E-state index is -4.45. The molecule has 1 fully saturated rings. The third kappa shape index (κ3) is 5.61. The molecule has 0 heterocycles. The largest absolute Gasteiger partial charge is 0.416 e. The number of hydrogen-bond acceptors (Lipinski definition) is 3. The van der Waals surface area contributed by atoms with Crippen molar-refractivity contribution in [2.75, 3.05) is 13.1 Å². The molecule has 1 saturated carbocycles. The first-order chi connectivity index (χ1) is 11.3. The molecule has 0 unspecified atom stereocenters. The van der Waals surface area contributed by atoms with Crippen molar-refractivity contribution < 1.29 is 22.8 Å². The normalized spacial score (nSPS) is 16.0. The van der Waals surface area contributed by atoms with E-state index in [1.807, 2.05) is 0 Å². The Kier molecular flexibility index (Phi) is 7.25. The van der Waals surface area contributed by atoms with Gasteiger partial charge in [0.2, 0.25) is 5.91 Å². The summed E-state index contributed by atoms with van der Waals surface area (Å²) in [5, 5.41) is 5.25. The fourth-order valence-corrected chi connectivity index (χ4v) is 2.85. The number of nitrogens with two attached hydrogens (primary N) is 1. The topological polar surface area (TPSA) is 84.2 Å². The van der Waals surface area contributed by atoms with Gasteiger partial charge in [-0.25, -0.2) is 0 Å². The summed E-state index contributed by atoms with van der Waals surface area (Å²) in [6.07, 6.45) is -0.846. The van der Waals surface area contributed by atoms with Crippen LogP contribution in [0.5, 0.6) is 0 Å². The van der Waals surface area contributed by atoms with Gasteiger partial charge in [0, 0.05) is 12.1 Å². The highest BCUT2D eigenvalue weighted by Crippen LogP contribution is 2.29. The molecule has 0 bridgehead atoms. The number of halogens is 4. The average molecular weight is 380 g/mol. The minimum absolute atomic E-state index is 0. The SMILES string of the molecule is Cl.NCC1(NC(=O)CNC(=O)c2ccc(C(F)(F)F)cc2)CCCC1. The third-order valence-electron chi connectivity index (χ3n) is 4.24. The second-order valence-electron chi connectivity index (χ2n) is 6.00. The summed E-state index contributed by atoms with van der Waals surface area (Å²) in [7, 11) is 0. The van der Waals surface area contributed by atoms with Gasteiger partial charge in [-0.3, -0.25) is 9.59 Å². The standard InChI is InChI=1S/C16H20F3N3O2.ClH/c17-16(18,19)12-5-3-11(4-6-12)14(24)21-9-13(23)22-15(10-20)7-1-2-8-15;/h3-6H,1-2,7-10,20H2,(H,21,24)(H,22,23);1H. The van der Waals surface area contributed by atoms with Gasteiger partial charge in [-0.15, -0.1) is 12.4 Å². The molecule has 1 aliphatic carbocycles. The summed E-state index contributed by atoms with van der Waals surface area (Å²) in [5.41, 5.74) is 4.54. The van der Waals surface area contributed by atoms with E-state index in [0.717, 1.165) is 49.9 Å². The molecule has 1 aliphatic rings. The number of hydrogen-bond donors (Lipinski definition) is 3. The van der Waals surface area contributed by atoms with E-state index in [0.29, 0.717) is 6.54 Å². The first-order valence-electron chi connectivity index (χ1n) is 7.72. The van der Waals surface area contributed by atoms with Gasteiger partial charge in [0.25, 0.3) is 5.91 Å². The fourth-order valence-electron chi connectivity index (χ4n) is 2.85. The summed E-state index contributed by atoms with van der Waals surface area (Å²) in [4.78, 5) is 23.9. The Morgan fingerprint density at radius 1 is 1.12 bits per heavy atom. The van der Waals surface area contributed by atoms with Crippen LogP contribution in [0.3, 0.4) is 0 Å². The predicted octanol–water partition coefficient (Wildman–Crippen LogP) is 2.24. The van der Waals surface area contributed by atoms with Gasteiger partial charge >= 0.3 is 6.18 Å². The molecular weight excluding hydrogens is 359 g/mol. The molecule has 2 rings (SSSR count). The summed E-state index contributed by atoms with van der Waals surface area (Å²) in [5.74, 6) is -0.963. The molecule has 5 nitrogen and oxygen atoms in total. The van der Waals surface area contributed by atoms with Gasteiger partial charge in [-0.2, -0.15) is 13.2 Å². The molecule has 2 amide bonds. The van der Waals surface area contributed by atoms with Crippen molar-refractivity contribution in [3.05, 3.63) is 35.4 Å². The summed E-state index contributed by atoms with van der Waals surface area (Å²) in [6.45, 7) is 0.0905. The van der Waals surface area contributed by atoms with Gasteiger partial charge in [0.05, 0.1) is 17.6 Å². The van der Waals surface area contributed by atoms with E-state index in [9.17, 15) is 22.8 Å². The van der Waals surface area contributed by atoms with Crippen molar-refractivity contribution in [3.8, 4) is 0 Å². The van der Waals surface area contributed by atoms with Crippen LogP contribution in [-0.2, 0) is 11.0 Å². The van der Waals surface area contributed by atoms with Crippen molar-refractivity contribution >= 4 is 24.2 Å². The predicted molar refractivity (Wildman–Crippen MR) is 89.4 cm³/mol. The molecular formula is C16H21ClF3N3O2. The zero-order valence-electron chi connectivity index (χ0n) is 13.5. The summed E-state index contributed by atoms with van der Waals surface area (Å²) in [6, 6.07) is 3.82. The zero-order chi connectivity index (χ0) is 17.8. The Labute approximate surface area is 149 Å². The van der Waals surface area contributed by atoms with E-state index in [-0.39, 0.29) is 30.4 Å². The van der Waals surface area contributed by atoms with Crippen LogP contribution in [0.2, 0.25) is 0 Å². The monoisotopic (exact) mass is 379 g/mol. The number of nitrogens with one attached hydrogen (secondary N) is 2. The van der Waals surface area contributed by atoms with Crippen LogP contribution in [-0.4, -0.2) is 30.4 Å². The van der Waals surface area contributed by atoms with Crippen molar-refractivity contribution in [2.45, 2.75) is 37.4 Å². The highest BCUT2D eigenvalue weighted by Gasteiger charge is 2.34. The lowest BCUT2D eigenvalue weighted by Gasteiger charge is -2.28. The molecule has 140 valence electrons. The first-order valence-corrected chi connectivity index (χ1v) is 7.72. The lowest BCUT2D eigenvalue weighted by molar-refractivity contribution is -0.137. The van der Waals surface area contributed by atoms with Crippen LogP contribution in [0.4, 0.5) is 13.2 Å². The second-order valence-corrected chi connectivity index (χ2v) is 6.00. The number of benzene rings is 1. The van der Waals surface area contributed by atoms with E-state index >= 15 is 0 Å². The third-order valence-corrected chi connectivity index (χ3v) is 4.24. The van der Waals surface area contributed by atoms with Crippen molar-refractivity contribution in [1.29, 1.82) is 0 Å². The Morgan fingerprint density at radius 3 is 2.16 bits per heavy atom. The molecule has 9 heteroatoms. The fraction of sp³-hybridized carbons (Fsp3) is 0.500. The number of carbonyl (C=O) groups is 2. The van der Waals surface area contributed by atoms with E-state index < -0.39 is 23.2 Å². The lowest BCUT2D eigenvalue weighted by Crippen LogP contribution is -2.54. The van der Waals surface area contributed by atoms with Gasteiger partial charge in [0.1, 0.15) is 0 Å². The molecule has 4 N–H and O–H groups in total. The highest BCUT2D eigenvalue weighted by molar-refractivity contribution is 5.96. The Hall–Kier alpha value is -1.80. The Morgan fingerprint density at radius 2 is 1.68 bits per heavy atom. The minimum Gasteiger partial charge on any atom is -0.348 e. The average Bonchev–Trinajstić information content (AvgIpc) is 3.01. The van der Waals surface area contributed by atoms with Crippen molar-refractivity contribution in [1.82, 2.24) is 10.6 Å². The van der Waals surface area contributed by atoms with Crippen LogP contribution >= 0.6 is 12.4 Å². The highest BCUT2D eigenvalue weighted by atomic mass is 35.5. The number of carbonyl (C=O) groups excluding carboxylic acids is 2. The number of amides is 2. The van der Waals surface area contributed by atoms with Crippen LogP contribution in [0, 0.1) is 0 Å².